The van der Waals surface area contributed by atoms with Crippen LogP contribution in [0.5, 0.6) is 0 Å². The fraction of sp³-hybridized carbons (Fsp3) is 0.333. The Hall–Kier alpha value is -1.75. The molecule has 0 bridgehead atoms. The van der Waals surface area contributed by atoms with E-state index in [-0.39, 0.29) is 5.91 Å². The largest absolute Gasteiger partial charge is 0.311 e. The van der Waals surface area contributed by atoms with Crippen molar-refractivity contribution in [3.05, 3.63) is 40.6 Å². The van der Waals surface area contributed by atoms with Gasteiger partial charge in [0.1, 0.15) is 5.82 Å². The average molecular weight is 287 g/mol. The van der Waals surface area contributed by atoms with Crippen molar-refractivity contribution in [1.29, 1.82) is 0 Å². The maximum atomic E-state index is 11.5. The number of carbonyl (C=O) groups excluding carboxylic acids is 1. The normalized spacial score (nSPS) is 13.3. The zero-order valence-corrected chi connectivity index (χ0v) is 12.7. The molecule has 1 amide bonds. The minimum Gasteiger partial charge on any atom is -0.311 e. The molecule has 0 atom stereocenters. The molecule has 1 aliphatic heterocycles. The second-order valence-electron chi connectivity index (χ2n) is 5.08. The van der Waals surface area contributed by atoms with Crippen molar-refractivity contribution in [3.63, 3.8) is 0 Å². The molecular weight excluding hydrogens is 270 g/mol. The minimum absolute atomic E-state index is 0.0591. The Balaban J connectivity index is 2.18. The van der Waals surface area contributed by atoms with Gasteiger partial charge in [0.05, 0.1) is 11.4 Å². The molecule has 0 saturated heterocycles. The van der Waals surface area contributed by atoms with Gasteiger partial charge in [-0.1, -0.05) is 12.1 Å². The molecular formula is C15H17N3OS. The molecule has 5 heteroatoms. The fourth-order valence-electron chi connectivity index (χ4n) is 2.45. The smallest absolute Gasteiger partial charge is 0.222 e. The van der Waals surface area contributed by atoms with Gasteiger partial charge in [-0.25, -0.2) is 4.68 Å². The Bertz CT molecular complexity index is 691. The molecule has 104 valence electrons. The number of anilines is 1. The number of carbonyl (C=O) groups is 1. The Morgan fingerprint density at radius 1 is 1.35 bits per heavy atom. The average Bonchev–Trinajstić information content (AvgIpc) is 2.95. The SMILES string of the molecule is CC(=O)Nc1c2c(nn1-c1cccc(C)c1C)CSC2. The maximum Gasteiger partial charge on any atom is 0.222 e. The topological polar surface area (TPSA) is 46.9 Å². The van der Waals surface area contributed by atoms with Crippen molar-refractivity contribution in [1.82, 2.24) is 9.78 Å². The van der Waals surface area contributed by atoms with E-state index >= 15 is 0 Å². The van der Waals surface area contributed by atoms with Crippen molar-refractivity contribution in [2.24, 2.45) is 0 Å². The summed E-state index contributed by atoms with van der Waals surface area (Å²) in [6.45, 7) is 5.71. The van der Waals surface area contributed by atoms with E-state index in [4.69, 9.17) is 5.10 Å². The number of aromatic nitrogens is 2. The molecule has 20 heavy (non-hydrogen) atoms. The molecule has 1 aromatic carbocycles. The molecule has 1 aliphatic rings. The first-order chi connectivity index (χ1) is 9.58. The molecule has 3 rings (SSSR count). The molecule has 0 aliphatic carbocycles. The highest BCUT2D eigenvalue weighted by molar-refractivity contribution is 7.98. The van der Waals surface area contributed by atoms with Crippen LogP contribution in [0.2, 0.25) is 0 Å². The van der Waals surface area contributed by atoms with Gasteiger partial charge < -0.3 is 5.32 Å². The lowest BCUT2D eigenvalue weighted by atomic mass is 10.1. The number of hydrogen-bond acceptors (Lipinski definition) is 3. The molecule has 0 fully saturated rings. The molecule has 0 spiro atoms. The van der Waals surface area contributed by atoms with Crippen LogP contribution in [0, 0.1) is 13.8 Å². The van der Waals surface area contributed by atoms with Gasteiger partial charge in [-0.2, -0.15) is 16.9 Å². The van der Waals surface area contributed by atoms with Gasteiger partial charge in [0, 0.05) is 24.0 Å². The third-order valence-electron chi connectivity index (χ3n) is 3.65. The molecule has 0 saturated carbocycles. The summed E-state index contributed by atoms with van der Waals surface area (Å²) in [6, 6.07) is 6.16. The van der Waals surface area contributed by atoms with Gasteiger partial charge in [0.15, 0.2) is 0 Å². The van der Waals surface area contributed by atoms with Crippen LogP contribution in [0.1, 0.15) is 29.3 Å². The van der Waals surface area contributed by atoms with Crippen LogP contribution >= 0.6 is 11.8 Å². The number of aryl methyl sites for hydroxylation is 1. The van der Waals surface area contributed by atoms with Gasteiger partial charge in [0.25, 0.3) is 0 Å². The monoisotopic (exact) mass is 287 g/mol. The fourth-order valence-corrected chi connectivity index (χ4v) is 3.48. The molecule has 0 radical (unpaired) electrons. The molecule has 2 aromatic rings. The first-order valence-corrected chi connectivity index (χ1v) is 7.76. The highest BCUT2D eigenvalue weighted by atomic mass is 32.2. The summed E-state index contributed by atoms with van der Waals surface area (Å²) in [5, 5.41) is 7.64. The molecule has 1 aromatic heterocycles. The number of hydrogen-bond donors (Lipinski definition) is 1. The summed E-state index contributed by atoms with van der Waals surface area (Å²) in [4.78, 5) is 11.5. The van der Waals surface area contributed by atoms with E-state index in [1.54, 1.807) is 0 Å². The second-order valence-corrected chi connectivity index (χ2v) is 6.06. The van der Waals surface area contributed by atoms with Crippen LogP contribution in [0.4, 0.5) is 5.82 Å². The highest BCUT2D eigenvalue weighted by Gasteiger charge is 2.24. The van der Waals surface area contributed by atoms with Crippen LogP contribution in [-0.2, 0) is 16.3 Å². The van der Waals surface area contributed by atoms with E-state index in [2.05, 4.69) is 25.2 Å². The van der Waals surface area contributed by atoms with Crippen molar-refractivity contribution in [2.45, 2.75) is 32.3 Å². The van der Waals surface area contributed by atoms with E-state index in [9.17, 15) is 4.79 Å². The van der Waals surface area contributed by atoms with Crippen molar-refractivity contribution in [3.8, 4) is 5.69 Å². The van der Waals surface area contributed by atoms with Crippen LogP contribution in [0.3, 0.4) is 0 Å². The minimum atomic E-state index is -0.0591. The predicted octanol–water partition coefficient (Wildman–Crippen LogP) is 3.19. The van der Waals surface area contributed by atoms with Gasteiger partial charge in [-0.15, -0.1) is 0 Å². The van der Waals surface area contributed by atoms with E-state index < -0.39 is 0 Å². The Labute approximate surface area is 122 Å². The van der Waals surface area contributed by atoms with Crippen molar-refractivity contribution in [2.75, 3.05) is 5.32 Å². The van der Waals surface area contributed by atoms with Crippen molar-refractivity contribution < 1.29 is 4.79 Å². The number of nitrogens with zero attached hydrogens (tertiary/aromatic N) is 2. The van der Waals surface area contributed by atoms with E-state index in [0.29, 0.717) is 0 Å². The summed E-state index contributed by atoms with van der Waals surface area (Å²) in [5.74, 6) is 2.60. The number of fused-ring (bicyclic) bond motifs is 1. The van der Waals surface area contributed by atoms with E-state index in [1.807, 2.05) is 28.6 Å². The summed E-state index contributed by atoms with van der Waals surface area (Å²) >= 11 is 1.83. The quantitative estimate of drug-likeness (QED) is 0.922. The first kappa shape index (κ1) is 13.2. The van der Waals surface area contributed by atoms with Crippen LogP contribution < -0.4 is 5.32 Å². The molecule has 0 unspecified atom stereocenters. The van der Waals surface area contributed by atoms with E-state index in [1.165, 1.54) is 18.1 Å². The number of rotatable bonds is 2. The summed E-state index contributed by atoms with van der Waals surface area (Å²) in [6.07, 6.45) is 0. The van der Waals surface area contributed by atoms with Gasteiger partial charge >= 0.3 is 0 Å². The van der Waals surface area contributed by atoms with Gasteiger partial charge in [-0.3, -0.25) is 4.79 Å². The molecule has 2 heterocycles. The van der Waals surface area contributed by atoms with Crippen LogP contribution in [0.15, 0.2) is 18.2 Å². The molecule has 1 N–H and O–H groups in total. The Morgan fingerprint density at radius 2 is 2.15 bits per heavy atom. The number of thioether (sulfide) groups is 1. The van der Waals surface area contributed by atoms with Crippen molar-refractivity contribution >= 4 is 23.5 Å². The third kappa shape index (κ3) is 2.12. The Kier molecular flexibility index (Phi) is 3.30. The first-order valence-electron chi connectivity index (χ1n) is 6.60. The number of nitrogens with one attached hydrogen (secondary N) is 1. The lowest BCUT2D eigenvalue weighted by molar-refractivity contribution is -0.114. The zero-order valence-electron chi connectivity index (χ0n) is 11.9. The van der Waals surface area contributed by atoms with Gasteiger partial charge in [0.2, 0.25) is 5.91 Å². The predicted molar refractivity (Wildman–Crippen MR) is 82.3 cm³/mol. The Morgan fingerprint density at radius 3 is 2.90 bits per heavy atom. The lowest BCUT2D eigenvalue weighted by Crippen LogP contribution is -2.13. The zero-order chi connectivity index (χ0) is 14.3. The summed E-state index contributed by atoms with van der Waals surface area (Å²) in [7, 11) is 0. The van der Waals surface area contributed by atoms with Crippen LogP contribution in [0.25, 0.3) is 5.69 Å². The second kappa shape index (κ2) is 4.98. The standard InChI is InChI=1S/C15H17N3OS/c1-9-5-4-6-14(10(9)2)18-15(16-11(3)19)12-7-20-8-13(12)17-18/h4-6H,7-8H2,1-3H3,(H,16,19). The maximum absolute atomic E-state index is 11.5. The lowest BCUT2D eigenvalue weighted by Gasteiger charge is -2.13. The number of benzene rings is 1. The summed E-state index contributed by atoms with van der Waals surface area (Å²) in [5.41, 5.74) is 5.69. The van der Waals surface area contributed by atoms with Gasteiger partial charge in [-0.05, 0) is 31.0 Å². The van der Waals surface area contributed by atoms with Crippen LogP contribution in [-0.4, -0.2) is 15.7 Å². The number of amides is 1. The van der Waals surface area contributed by atoms with E-state index in [0.717, 1.165) is 34.3 Å². The third-order valence-corrected chi connectivity index (χ3v) is 4.62. The molecule has 4 nitrogen and oxygen atoms in total. The summed E-state index contributed by atoms with van der Waals surface area (Å²) < 4.78 is 1.88. The highest BCUT2D eigenvalue weighted by Crippen LogP contribution is 2.36.